The van der Waals surface area contributed by atoms with Gasteiger partial charge in [-0.2, -0.15) is 0 Å². The van der Waals surface area contributed by atoms with E-state index in [4.69, 9.17) is 0 Å². The molecular formula is C20H40Br2. The maximum Gasteiger partial charge on any atom is 0.00313 e. The van der Waals surface area contributed by atoms with Gasteiger partial charge < -0.3 is 0 Å². The molecule has 0 N–H and O–H groups in total. The van der Waals surface area contributed by atoms with Crippen LogP contribution in [0.5, 0.6) is 0 Å². The van der Waals surface area contributed by atoms with Gasteiger partial charge in [-0.15, -0.1) is 0 Å². The van der Waals surface area contributed by atoms with Crippen LogP contribution < -0.4 is 0 Å². The molecule has 0 aliphatic carbocycles. The number of halogens is 2. The number of rotatable bonds is 19. The van der Waals surface area contributed by atoms with Crippen LogP contribution >= 0.6 is 31.9 Å². The van der Waals surface area contributed by atoms with Crippen LogP contribution in [0.3, 0.4) is 0 Å². The molecule has 0 nitrogen and oxygen atoms in total. The zero-order chi connectivity index (χ0) is 16.1. The van der Waals surface area contributed by atoms with E-state index in [-0.39, 0.29) is 0 Å². The predicted molar refractivity (Wildman–Crippen MR) is 111 cm³/mol. The maximum absolute atomic E-state index is 3.50. The summed E-state index contributed by atoms with van der Waals surface area (Å²) in [6.07, 6.45) is 26.1. The number of hydrogen-bond donors (Lipinski definition) is 0. The van der Waals surface area contributed by atoms with E-state index in [2.05, 4.69) is 31.9 Å². The molecule has 0 fully saturated rings. The second kappa shape index (κ2) is 22.0. The number of unbranched alkanes of at least 4 members (excludes halogenated alkanes) is 17. The quantitative estimate of drug-likeness (QED) is 0.139. The Morgan fingerprint density at radius 1 is 0.227 bits per heavy atom. The number of hydrogen-bond acceptors (Lipinski definition) is 0. The van der Waals surface area contributed by atoms with E-state index in [0.29, 0.717) is 0 Å². The summed E-state index contributed by atoms with van der Waals surface area (Å²) in [5, 5.41) is 2.37. The molecule has 0 bridgehead atoms. The first-order chi connectivity index (χ1) is 10.9. The second-order valence-electron chi connectivity index (χ2n) is 6.74. The summed E-state index contributed by atoms with van der Waals surface area (Å²) in [5.74, 6) is 0. The second-order valence-corrected chi connectivity index (χ2v) is 8.33. The van der Waals surface area contributed by atoms with Crippen LogP contribution in [0.15, 0.2) is 0 Å². The van der Waals surface area contributed by atoms with Gasteiger partial charge in [0.15, 0.2) is 0 Å². The first-order valence-electron chi connectivity index (χ1n) is 10.0. The summed E-state index contributed by atoms with van der Waals surface area (Å²) < 4.78 is 0. The molecule has 0 spiro atoms. The molecular weight excluding hydrogens is 400 g/mol. The molecule has 0 aromatic rings. The fraction of sp³-hybridized carbons (Fsp3) is 1.00. The zero-order valence-electron chi connectivity index (χ0n) is 14.9. The van der Waals surface area contributed by atoms with Crippen molar-refractivity contribution < 1.29 is 0 Å². The van der Waals surface area contributed by atoms with Gasteiger partial charge in [0.1, 0.15) is 0 Å². The van der Waals surface area contributed by atoms with E-state index < -0.39 is 0 Å². The predicted octanol–water partition coefficient (Wildman–Crippen LogP) is 8.80. The molecule has 0 aromatic heterocycles. The Morgan fingerprint density at radius 2 is 0.364 bits per heavy atom. The average molecular weight is 440 g/mol. The molecule has 0 amide bonds. The van der Waals surface area contributed by atoms with Crippen molar-refractivity contribution in [2.45, 2.75) is 116 Å². The van der Waals surface area contributed by atoms with E-state index >= 15 is 0 Å². The molecule has 0 aliphatic rings. The van der Waals surface area contributed by atoms with Gasteiger partial charge in [0.25, 0.3) is 0 Å². The van der Waals surface area contributed by atoms with Gasteiger partial charge in [-0.25, -0.2) is 0 Å². The fourth-order valence-electron chi connectivity index (χ4n) is 3.02. The van der Waals surface area contributed by atoms with Crippen molar-refractivity contribution in [2.24, 2.45) is 0 Å². The monoisotopic (exact) mass is 438 g/mol. The van der Waals surface area contributed by atoms with Crippen LogP contribution in [-0.4, -0.2) is 10.7 Å². The first-order valence-corrected chi connectivity index (χ1v) is 12.3. The molecule has 0 aliphatic heterocycles. The third-order valence-corrected chi connectivity index (χ3v) is 5.64. The van der Waals surface area contributed by atoms with Crippen molar-refractivity contribution in [1.29, 1.82) is 0 Å². The largest absolute Gasteiger partial charge is 0.0928 e. The van der Waals surface area contributed by atoms with Crippen molar-refractivity contribution >= 4 is 31.9 Å². The van der Waals surface area contributed by atoms with E-state index in [9.17, 15) is 0 Å². The van der Waals surface area contributed by atoms with Crippen LogP contribution in [0, 0.1) is 0 Å². The van der Waals surface area contributed by atoms with Gasteiger partial charge in [0, 0.05) is 10.7 Å². The zero-order valence-corrected chi connectivity index (χ0v) is 18.1. The lowest BCUT2D eigenvalue weighted by atomic mass is 10.0. The Balaban J connectivity index is 2.91. The Hall–Kier alpha value is 0.960. The summed E-state index contributed by atoms with van der Waals surface area (Å²) in [6.45, 7) is 0. The molecule has 0 radical (unpaired) electrons. The van der Waals surface area contributed by atoms with Gasteiger partial charge in [-0.05, 0) is 12.8 Å². The molecule has 0 saturated heterocycles. The molecule has 2 heteroatoms. The molecule has 0 saturated carbocycles. The Morgan fingerprint density at radius 3 is 0.500 bits per heavy atom. The van der Waals surface area contributed by atoms with Gasteiger partial charge in [0.2, 0.25) is 0 Å². The van der Waals surface area contributed by atoms with Crippen molar-refractivity contribution in [3.05, 3.63) is 0 Å². The normalized spacial score (nSPS) is 11.2. The van der Waals surface area contributed by atoms with Gasteiger partial charge in [0.05, 0.1) is 0 Å². The smallest absolute Gasteiger partial charge is 0.00313 e. The summed E-state index contributed by atoms with van der Waals surface area (Å²) in [7, 11) is 0. The van der Waals surface area contributed by atoms with E-state index in [1.165, 1.54) is 126 Å². The highest BCUT2D eigenvalue weighted by atomic mass is 79.9. The van der Waals surface area contributed by atoms with Crippen molar-refractivity contribution in [3.8, 4) is 0 Å². The standard InChI is InChI=1S/C20H40Br2/c21-19-17-15-13-11-9-7-5-3-1-2-4-6-8-10-12-14-16-18-20-22/h1-20H2. The minimum absolute atomic E-state index is 1.18. The van der Waals surface area contributed by atoms with Crippen LogP contribution in [0.2, 0.25) is 0 Å². The summed E-state index contributed by atoms with van der Waals surface area (Å²) in [4.78, 5) is 0. The van der Waals surface area contributed by atoms with Crippen molar-refractivity contribution in [2.75, 3.05) is 10.7 Å². The summed E-state index contributed by atoms with van der Waals surface area (Å²) in [6, 6.07) is 0. The average Bonchev–Trinajstić information content (AvgIpc) is 2.54. The molecule has 0 rings (SSSR count). The maximum atomic E-state index is 3.50. The SMILES string of the molecule is BrCCCCCCCCCCCCCCCCCCCCBr. The molecule has 0 heterocycles. The topological polar surface area (TPSA) is 0 Å². The fourth-order valence-corrected chi connectivity index (χ4v) is 3.81. The lowest BCUT2D eigenvalue weighted by Gasteiger charge is -2.03. The minimum atomic E-state index is 1.18. The van der Waals surface area contributed by atoms with Crippen molar-refractivity contribution in [3.63, 3.8) is 0 Å². The summed E-state index contributed by atoms with van der Waals surface area (Å²) in [5.41, 5.74) is 0. The highest BCUT2D eigenvalue weighted by molar-refractivity contribution is 9.09. The van der Waals surface area contributed by atoms with Gasteiger partial charge >= 0.3 is 0 Å². The lowest BCUT2D eigenvalue weighted by Crippen LogP contribution is -1.84. The van der Waals surface area contributed by atoms with Crippen LogP contribution in [0.4, 0.5) is 0 Å². The number of alkyl halides is 2. The first kappa shape index (κ1) is 23.0. The molecule has 0 aromatic carbocycles. The van der Waals surface area contributed by atoms with Crippen LogP contribution in [0.25, 0.3) is 0 Å². The van der Waals surface area contributed by atoms with E-state index in [0.717, 1.165) is 0 Å². The summed E-state index contributed by atoms with van der Waals surface area (Å²) >= 11 is 7.00. The van der Waals surface area contributed by atoms with Crippen LogP contribution in [0.1, 0.15) is 116 Å². The minimum Gasteiger partial charge on any atom is -0.0928 e. The Kier molecular flexibility index (Phi) is 22.9. The Bertz CT molecular complexity index is 163. The Labute approximate surface area is 157 Å². The van der Waals surface area contributed by atoms with E-state index in [1.54, 1.807) is 0 Å². The third kappa shape index (κ3) is 21.0. The highest BCUT2D eigenvalue weighted by Crippen LogP contribution is 2.14. The van der Waals surface area contributed by atoms with E-state index in [1.807, 2.05) is 0 Å². The van der Waals surface area contributed by atoms with Gasteiger partial charge in [-0.3, -0.25) is 0 Å². The van der Waals surface area contributed by atoms with Crippen molar-refractivity contribution in [1.82, 2.24) is 0 Å². The molecule has 22 heavy (non-hydrogen) atoms. The molecule has 0 atom stereocenters. The molecule has 134 valence electrons. The third-order valence-electron chi connectivity index (χ3n) is 4.52. The van der Waals surface area contributed by atoms with Crippen LogP contribution in [-0.2, 0) is 0 Å². The molecule has 0 unspecified atom stereocenters. The highest BCUT2D eigenvalue weighted by Gasteiger charge is 1.95. The van der Waals surface area contributed by atoms with Gasteiger partial charge in [-0.1, -0.05) is 135 Å². The lowest BCUT2D eigenvalue weighted by molar-refractivity contribution is 0.527.